The van der Waals surface area contributed by atoms with Gasteiger partial charge in [0.25, 0.3) is 0 Å². The van der Waals surface area contributed by atoms with Gasteiger partial charge in [-0.05, 0) is 42.0 Å². The molecular formula is C21H22N3O2+. The smallest absolute Gasteiger partial charge is 0.234 e. The van der Waals surface area contributed by atoms with Gasteiger partial charge in [0.1, 0.15) is 17.1 Å². The van der Waals surface area contributed by atoms with Crippen LogP contribution in [0, 0.1) is 0 Å². The predicted molar refractivity (Wildman–Crippen MR) is 103 cm³/mol. The predicted octanol–water partition coefficient (Wildman–Crippen LogP) is 2.16. The number of nitrogens with one attached hydrogen (secondary N) is 1. The number of aliphatic imine (C=N–C) groups is 1. The first-order chi connectivity index (χ1) is 12.7. The summed E-state index contributed by atoms with van der Waals surface area (Å²) >= 11 is 0. The first-order valence-corrected chi connectivity index (χ1v) is 8.65. The van der Waals surface area contributed by atoms with E-state index in [4.69, 9.17) is 9.73 Å². The number of aliphatic hydroxyl groups excluding tert-OH is 1. The second-order valence-electron chi connectivity index (χ2n) is 6.45. The summed E-state index contributed by atoms with van der Waals surface area (Å²) in [5.41, 5.74) is 5.31. The van der Waals surface area contributed by atoms with Crippen molar-refractivity contribution in [3.8, 4) is 5.75 Å². The molecule has 0 fully saturated rings. The molecule has 5 heteroatoms. The molecule has 0 aliphatic carbocycles. The number of rotatable bonds is 4. The minimum absolute atomic E-state index is 0.0508. The molecule has 26 heavy (non-hydrogen) atoms. The topological polar surface area (TPSA) is 49.5 Å². The normalized spacial score (nSPS) is 18.8. The van der Waals surface area contributed by atoms with Gasteiger partial charge in [0.05, 0.1) is 13.7 Å². The number of fused-ring (bicyclic) bond motifs is 1. The van der Waals surface area contributed by atoms with Crippen molar-refractivity contribution in [1.82, 2.24) is 0 Å². The minimum atomic E-state index is 0.0508. The van der Waals surface area contributed by atoms with Crippen LogP contribution in [0.5, 0.6) is 5.75 Å². The van der Waals surface area contributed by atoms with E-state index >= 15 is 0 Å². The number of ether oxygens (including phenoxy) is 1. The average Bonchev–Trinajstić information content (AvgIpc) is 3.04. The molecule has 0 amide bonds. The van der Waals surface area contributed by atoms with Gasteiger partial charge in [0.15, 0.2) is 6.67 Å². The molecule has 0 aromatic heterocycles. The van der Waals surface area contributed by atoms with E-state index < -0.39 is 0 Å². The number of nitrogens with zero attached hydrogens (tertiary/aromatic N) is 2. The van der Waals surface area contributed by atoms with E-state index in [0.717, 1.165) is 40.8 Å². The zero-order valence-electron chi connectivity index (χ0n) is 14.9. The summed E-state index contributed by atoms with van der Waals surface area (Å²) in [6.07, 6.45) is 4.12. The fraction of sp³-hybridized carbons (Fsp3) is 0.190. The van der Waals surface area contributed by atoms with Crippen LogP contribution in [0.2, 0.25) is 0 Å². The molecule has 2 aliphatic heterocycles. The molecule has 1 atom stereocenters. The molecule has 1 unspecified atom stereocenters. The summed E-state index contributed by atoms with van der Waals surface area (Å²) in [6.45, 7) is 2.96. The molecule has 132 valence electrons. The van der Waals surface area contributed by atoms with Crippen molar-refractivity contribution in [2.75, 3.05) is 18.7 Å². The van der Waals surface area contributed by atoms with Crippen LogP contribution in [0.4, 0.5) is 5.69 Å². The molecule has 2 aliphatic rings. The van der Waals surface area contributed by atoms with Gasteiger partial charge in [-0.15, -0.1) is 0 Å². The number of quaternary nitrogens is 1. The Balaban J connectivity index is 1.61. The van der Waals surface area contributed by atoms with Crippen molar-refractivity contribution in [2.24, 2.45) is 4.99 Å². The van der Waals surface area contributed by atoms with Gasteiger partial charge in [-0.25, -0.2) is 4.90 Å². The van der Waals surface area contributed by atoms with E-state index in [-0.39, 0.29) is 6.61 Å². The number of methoxy groups -OCH3 is 1. The van der Waals surface area contributed by atoms with Gasteiger partial charge >= 0.3 is 0 Å². The summed E-state index contributed by atoms with van der Waals surface area (Å²) in [4.78, 5) is 8.28. The molecule has 0 radical (unpaired) electrons. The van der Waals surface area contributed by atoms with E-state index in [1.807, 2.05) is 42.5 Å². The molecule has 2 aromatic carbocycles. The summed E-state index contributed by atoms with van der Waals surface area (Å²) in [5, 5.41) is 9.37. The lowest BCUT2D eigenvalue weighted by atomic mass is 10.1. The van der Waals surface area contributed by atoms with Gasteiger partial charge in [-0.2, -0.15) is 4.99 Å². The Bertz CT molecular complexity index is 913. The van der Waals surface area contributed by atoms with E-state index in [9.17, 15) is 5.11 Å². The van der Waals surface area contributed by atoms with Gasteiger partial charge in [-0.3, -0.25) is 4.90 Å². The van der Waals surface area contributed by atoms with E-state index in [1.54, 1.807) is 7.11 Å². The fourth-order valence-corrected chi connectivity index (χ4v) is 3.37. The Labute approximate surface area is 153 Å². The van der Waals surface area contributed by atoms with Gasteiger partial charge in [-0.1, -0.05) is 12.1 Å². The molecule has 5 nitrogen and oxygen atoms in total. The van der Waals surface area contributed by atoms with Crippen LogP contribution in [0.15, 0.2) is 71.5 Å². The number of hydrogen-bond donors (Lipinski definition) is 2. The highest BCUT2D eigenvalue weighted by atomic mass is 16.5. The lowest BCUT2D eigenvalue weighted by molar-refractivity contribution is -0.757. The SMILES string of the molecule is COc1ccc(C2=C(C)[NH+]3CN(c4cccc(CO)c4)C=CC3=N2)cc1. The van der Waals surface area contributed by atoms with Crippen molar-refractivity contribution in [3.63, 3.8) is 0 Å². The summed E-state index contributed by atoms with van der Waals surface area (Å²) in [7, 11) is 1.67. The van der Waals surface area contributed by atoms with Crippen LogP contribution in [-0.4, -0.2) is 24.7 Å². The third-order valence-electron chi connectivity index (χ3n) is 4.88. The average molecular weight is 348 g/mol. The molecule has 2 heterocycles. The van der Waals surface area contributed by atoms with Crippen molar-refractivity contribution in [3.05, 3.63) is 77.6 Å². The second-order valence-corrected chi connectivity index (χ2v) is 6.45. The number of benzene rings is 2. The molecule has 0 saturated heterocycles. The van der Waals surface area contributed by atoms with Gasteiger partial charge in [0, 0.05) is 30.5 Å². The lowest BCUT2D eigenvalue weighted by Crippen LogP contribution is -3.13. The zero-order chi connectivity index (χ0) is 18.1. The maximum atomic E-state index is 9.37. The van der Waals surface area contributed by atoms with E-state index in [1.165, 1.54) is 10.6 Å². The number of aliphatic hydroxyl groups is 1. The third kappa shape index (κ3) is 2.92. The Morgan fingerprint density at radius 1 is 1.19 bits per heavy atom. The minimum Gasteiger partial charge on any atom is -0.497 e. The van der Waals surface area contributed by atoms with Crippen LogP contribution < -0.4 is 14.5 Å². The number of anilines is 1. The van der Waals surface area contributed by atoms with Crippen LogP contribution in [0.3, 0.4) is 0 Å². The van der Waals surface area contributed by atoms with Crippen LogP contribution in [-0.2, 0) is 6.61 Å². The number of amidine groups is 1. The number of allylic oxidation sites excluding steroid dienone is 1. The van der Waals surface area contributed by atoms with E-state index in [0.29, 0.717) is 0 Å². The Hall–Kier alpha value is -2.89. The van der Waals surface area contributed by atoms with Crippen molar-refractivity contribution < 1.29 is 14.7 Å². The van der Waals surface area contributed by atoms with Crippen LogP contribution in [0.1, 0.15) is 18.1 Å². The van der Waals surface area contributed by atoms with Crippen molar-refractivity contribution in [1.29, 1.82) is 0 Å². The summed E-state index contributed by atoms with van der Waals surface area (Å²) in [5.74, 6) is 1.88. The van der Waals surface area contributed by atoms with Crippen LogP contribution >= 0.6 is 0 Å². The highest BCUT2D eigenvalue weighted by molar-refractivity contribution is 5.95. The molecule has 0 saturated carbocycles. The Kier molecular flexibility index (Phi) is 4.32. The lowest BCUT2D eigenvalue weighted by Gasteiger charge is -2.28. The van der Waals surface area contributed by atoms with E-state index in [2.05, 4.69) is 30.2 Å². The highest BCUT2D eigenvalue weighted by Gasteiger charge is 2.33. The molecule has 4 rings (SSSR count). The van der Waals surface area contributed by atoms with Crippen LogP contribution in [0.25, 0.3) is 5.70 Å². The third-order valence-corrected chi connectivity index (χ3v) is 4.88. The monoisotopic (exact) mass is 348 g/mol. The maximum Gasteiger partial charge on any atom is 0.234 e. The highest BCUT2D eigenvalue weighted by Crippen LogP contribution is 2.25. The number of hydrogen-bond acceptors (Lipinski definition) is 4. The Morgan fingerprint density at radius 3 is 2.73 bits per heavy atom. The maximum absolute atomic E-state index is 9.37. The first kappa shape index (κ1) is 16.6. The largest absolute Gasteiger partial charge is 0.497 e. The van der Waals surface area contributed by atoms with Gasteiger partial charge in [0.2, 0.25) is 5.84 Å². The molecule has 2 N–H and O–H groups in total. The molecule has 0 spiro atoms. The molecule has 2 aromatic rings. The van der Waals surface area contributed by atoms with Gasteiger partial charge < -0.3 is 9.84 Å². The quantitative estimate of drug-likeness (QED) is 0.890. The second kappa shape index (κ2) is 6.78. The standard InChI is InChI=1S/C21H21N3O2/c1-15-21(17-6-8-19(26-2)9-7-17)22-20-10-11-23(14-24(15)20)18-5-3-4-16(12-18)13-25/h3-12,25H,13-14H2,1-2H3/p+1. The fourth-order valence-electron chi connectivity index (χ4n) is 3.37. The summed E-state index contributed by atoms with van der Waals surface area (Å²) in [6, 6.07) is 16.0. The first-order valence-electron chi connectivity index (χ1n) is 8.65. The van der Waals surface area contributed by atoms with Crippen molar-refractivity contribution in [2.45, 2.75) is 13.5 Å². The summed E-state index contributed by atoms with van der Waals surface area (Å²) < 4.78 is 5.24. The van der Waals surface area contributed by atoms with Crippen molar-refractivity contribution >= 4 is 17.2 Å². The molecular weight excluding hydrogens is 326 g/mol. The molecule has 0 bridgehead atoms. The Morgan fingerprint density at radius 2 is 2.00 bits per heavy atom. The zero-order valence-corrected chi connectivity index (χ0v) is 14.9.